The molecule has 0 fully saturated rings. The van der Waals surface area contributed by atoms with Gasteiger partial charge in [-0.3, -0.25) is 4.68 Å². The lowest BCUT2D eigenvalue weighted by Gasteiger charge is -2.09. The third-order valence-electron chi connectivity index (χ3n) is 2.20. The second-order valence-corrected chi connectivity index (χ2v) is 3.37. The highest BCUT2D eigenvalue weighted by molar-refractivity contribution is 5.92. The largest absolute Gasteiger partial charge is 0.462 e. The molecule has 0 aliphatic heterocycles. The number of halogens is 3. The van der Waals surface area contributed by atoms with E-state index in [1.165, 1.54) is 6.92 Å². The number of aromatic nitrogens is 2. The van der Waals surface area contributed by atoms with Crippen LogP contribution in [0.4, 0.5) is 13.2 Å². The minimum absolute atomic E-state index is 0.0220. The maximum Gasteiger partial charge on any atom is 0.433 e. The lowest BCUT2D eigenvalue weighted by molar-refractivity contribution is -0.144. The van der Waals surface area contributed by atoms with Crippen LogP contribution in [0.5, 0.6) is 0 Å². The zero-order valence-corrected chi connectivity index (χ0v) is 9.76. The number of nitrogens with zero attached hydrogens (tertiary/aromatic N) is 2. The molecule has 7 heteroatoms. The second kappa shape index (κ2) is 4.77. The zero-order valence-electron chi connectivity index (χ0n) is 9.76. The van der Waals surface area contributed by atoms with Crippen LogP contribution in [0.15, 0.2) is 0 Å². The number of hydrogen-bond donors (Lipinski definition) is 0. The molecule has 0 spiro atoms. The SMILES string of the molecule is CCOC(=O)c1c(CC)nn(C)c1C(F)(F)F. The van der Waals surface area contributed by atoms with E-state index in [1.807, 2.05) is 0 Å². The third kappa shape index (κ3) is 2.59. The van der Waals surface area contributed by atoms with Crippen molar-refractivity contribution in [3.8, 4) is 0 Å². The molecule has 0 aliphatic rings. The molecule has 1 rings (SSSR count). The first-order valence-electron chi connectivity index (χ1n) is 5.13. The van der Waals surface area contributed by atoms with Crippen LogP contribution in [0.1, 0.15) is 35.6 Å². The Bertz CT molecular complexity index is 424. The van der Waals surface area contributed by atoms with E-state index in [0.717, 1.165) is 7.05 Å². The van der Waals surface area contributed by atoms with Crippen LogP contribution >= 0.6 is 0 Å². The molecule has 0 amide bonds. The van der Waals surface area contributed by atoms with E-state index in [9.17, 15) is 18.0 Å². The van der Waals surface area contributed by atoms with Gasteiger partial charge in [0.25, 0.3) is 0 Å². The molecular formula is C10H13F3N2O2. The van der Waals surface area contributed by atoms with E-state index in [4.69, 9.17) is 0 Å². The summed E-state index contributed by atoms with van der Waals surface area (Å²) in [5, 5.41) is 3.69. The summed E-state index contributed by atoms with van der Waals surface area (Å²) in [6.07, 6.45) is -4.39. The predicted octanol–water partition coefficient (Wildman–Crippen LogP) is 2.18. The van der Waals surface area contributed by atoms with Crippen molar-refractivity contribution in [2.75, 3.05) is 6.61 Å². The molecule has 17 heavy (non-hydrogen) atoms. The van der Waals surface area contributed by atoms with E-state index >= 15 is 0 Å². The second-order valence-electron chi connectivity index (χ2n) is 3.37. The molecule has 0 saturated heterocycles. The van der Waals surface area contributed by atoms with Crippen LogP contribution in [0.2, 0.25) is 0 Å². The van der Waals surface area contributed by atoms with Crippen molar-refractivity contribution in [2.24, 2.45) is 7.05 Å². The molecule has 0 N–H and O–H groups in total. The molecule has 0 aliphatic carbocycles. The van der Waals surface area contributed by atoms with Gasteiger partial charge >= 0.3 is 12.1 Å². The number of hydrogen-bond acceptors (Lipinski definition) is 3. The Labute approximate surface area is 96.4 Å². The Kier molecular flexibility index (Phi) is 3.79. The average Bonchev–Trinajstić information content (AvgIpc) is 2.54. The molecule has 0 bridgehead atoms. The highest BCUT2D eigenvalue weighted by atomic mass is 19.4. The number of aryl methyl sites for hydroxylation is 2. The summed E-state index contributed by atoms with van der Waals surface area (Å²) >= 11 is 0. The van der Waals surface area contributed by atoms with Crippen molar-refractivity contribution in [1.29, 1.82) is 0 Å². The molecule has 1 aromatic heterocycles. The minimum Gasteiger partial charge on any atom is -0.462 e. The number of rotatable bonds is 3. The highest BCUT2D eigenvalue weighted by Crippen LogP contribution is 2.33. The quantitative estimate of drug-likeness (QED) is 0.772. The number of carbonyl (C=O) groups is 1. The van der Waals surface area contributed by atoms with Crippen LogP contribution in [-0.2, 0) is 24.4 Å². The molecule has 4 nitrogen and oxygen atoms in total. The van der Waals surface area contributed by atoms with Crippen LogP contribution in [0.3, 0.4) is 0 Å². The molecule has 1 heterocycles. The van der Waals surface area contributed by atoms with Gasteiger partial charge in [0.1, 0.15) is 5.56 Å². The normalized spacial score (nSPS) is 11.6. The van der Waals surface area contributed by atoms with Gasteiger partial charge in [0, 0.05) is 7.05 Å². The Morgan fingerprint density at radius 3 is 2.41 bits per heavy atom. The van der Waals surface area contributed by atoms with Gasteiger partial charge in [-0.25, -0.2) is 4.79 Å². The molecule has 0 aromatic carbocycles. The Morgan fingerprint density at radius 1 is 1.41 bits per heavy atom. The van der Waals surface area contributed by atoms with E-state index in [-0.39, 0.29) is 18.7 Å². The van der Waals surface area contributed by atoms with Crippen molar-refractivity contribution < 1.29 is 22.7 Å². The minimum atomic E-state index is -4.63. The molecule has 0 saturated carbocycles. The first-order chi connectivity index (χ1) is 7.82. The van der Waals surface area contributed by atoms with Crippen LogP contribution < -0.4 is 0 Å². The number of ether oxygens (including phenoxy) is 1. The van der Waals surface area contributed by atoms with Gasteiger partial charge in [-0.2, -0.15) is 18.3 Å². The van der Waals surface area contributed by atoms with Crippen molar-refractivity contribution >= 4 is 5.97 Å². The first-order valence-corrected chi connectivity index (χ1v) is 5.13. The van der Waals surface area contributed by atoms with Crippen LogP contribution in [0, 0.1) is 0 Å². The predicted molar refractivity (Wildman–Crippen MR) is 53.5 cm³/mol. The fourth-order valence-corrected chi connectivity index (χ4v) is 1.57. The molecule has 0 unspecified atom stereocenters. The van der Waals surface area contributed by atoms with Crippen molar-refractivity contribution in [3.05, 3.63) is 17.0 Å². The maximum absolute atomic E-state index is 12.8. The van der Waals surface area contributed by atoms with Crippen LogP contribution in [0.25, 0.3) is 0 Å². The maximum atomic E-state index is 12.8. The molecule has 1 aromatic rings. The zero-order chi connectivity index (χ0) is 13.2. The third-order valence-corrected chi connectivity index (χ3v) is 2.20. The van der Waals surface area contributed by atoms with Gasteiger partial charge in [0.2, 0.25) is 0 Å². The van der Waals surface area contributed by atoms with E-state index in [2.05, 4.69) is 9.84 Å². The number of esters is 1. The smallest absolute Gasteiger partial charge is 0.433 e. The monoisotopic (exact) mass is 250 g/mol. The van der Waals surface area contributed by atoms with Gasteiger partial charge in [0.05, 0.1) is 12.3 Å². The van der Waals surface area contributed by atoms with E-state index in [0.29, 0.717) is 4.68 Å². The lowest BCUT2D eigenvalue weighted by Crippen LogP contribution is -2.18. The van der Waals surface area contributed by atoms with E-state index < -0.39 is 23.4 Å². The fourth-order valence-electron chi connectivity index (χ4n) is 1.57. The summed E-state index contributed by atoms with van der Waals surface area (Å²) in [5.74, 6) is -0.982. The lowest BCUT2D eigenvalue weighted by atomic mass is 10.1. The van der Waals surface area contributed by atoms with Gasteiger partial charge in [0.15, 0.2) is 5.69 Å². The van der Waals surface area contributed by atoms with Gasteiger partial charge in [-0.05, 0) is 13.3 Å². The summed E-state index contributed by atoms with van der Waals surface area (Å²) in [6.45, 7) is 3.19. The number of carbonyl (C=O) groups excluding carboxylic acids is 1. The van der Waals surface area contributed by atoms with Gasteiger partial charge in [-0.15, -0.1) is 0 Å². The average molecular weight is 250 g/mol. The Morgan fingerprint density at radius 2 is 2.00 bits per heavy atom. The highest BCUT2D eigenvalue weighted by Gasteiger charge is 2.41. The topological polar surface area (TPSA) is 44.1 Å². The molecule has 96 valence electrons. The fraction of sp³-hybridized carbons (Fsp3) is 0.600. The molecule has 0 atom stereocenters. The van der Waals surface area contributed by atoms with Crippen molar-refractivity contribution in [2.45, 2.75) is 26.4 Å². The van der Waals surface area contributed by atoms with E-state index in [1.54, 1.807) is 6.92 Å². The summed E-state index contributed by atoms with van der Waals surface area (Å²) < 4.78 is 43.7. The molecule has 0 radical (unpaired) electrons. The Balaban J connectivity index is 3.38. The standard InChI is InChI=1S/C10H13F3N2O2/c1-4-6-7(9(16)17-5-2)8(10(11,12)13)15(3)14-6/h4-5H2,1-3H3. The summed E-state index contributed by atoms with van der Waals surface area (Å²) in [4.78, 5) is 11.5. The summed E-state index contributed by atoms with van der Waals surface area (Å²) in [7, 11) is 1.16. The van der Waals surface area contributed by atoms with Gasteiger partial charge in [-0.1, -0.05) is 6.92 Å². The van der Waals surface area contributed by atoms with Crippen molar-refractivity contribution in [1.82, 2.24) is 9.78 Å². The Hall–Kier alpha value is -1.53. The van der Waals surface area contributed by atoms with Crippen LogP contribution in [-0.4, -0.2) is 22.4 Å². The van der Waals surface area contributed by atoms with Crippen molar-refractivity contribution in [3.63, 3.8) is 0 Å². The summed E-state index contributed by atoms with van der Waals surface area (Å²) in [6, 6.07) is 0. The molecular weight excluding hydrogens is 237 g/mol. The number of alkyl halides is 3. The van der Waals surface area contributed by atoms with Gasteiger partial charge < -0.3 is 4.74 Å². The summed E-state index contributed by atoms with van der Waals surface area (Å²) in [5.41, 5.74) is -1.45. The first kappa shape index (κ1) is 13.5.